The smallest absolute Gasteiger partial charge is 0.306 e. The summed E-state index contributed by atoms with van der Waals surface area (Å²) in [4.78, 5) is 15.2. The lowest BCUT2D eigenvalue weighted by Crippen LogP contribution is -2.14. The Morgan fingerprint density at radius 2 is 2.33 bits per heavy atom. The van der Waals surface area contributed by atoms with E-state index in [4.69, 9.17) is 9.47 Å². The van der Waals surface area contributed by atoms with E-state index in [2.05, 4.69) is 4.98 Å². The first-order valence-electron chi connectivity index (χ1n) is 7.19. The molecule has 1 heterocycles. The first-order chi connectivity index (χ1) is 10.2. The number of aromatic nitrogens is 1. The number of pyridine rings is 1. The van der Waals surface area contributed by atoms with Crippen LogP contribution in [0.2, 0.25) is 0 Å². The van der Waals surface area contributed by atoms with Crippen molar-refractivity contribution in [3.05, 3.63) is 29.9 Å². The number of esters is 1. The van der Waals surface area contributed by atoms with Crippen molar-refractivity contribution in [3.8, 4) is 5.75 Å². The number of rotatable bonds is 5. The highest BCUT2D eigenvalue weighted by atomic mass is 19.1. The van der Waals surface area contributed by atoms with Gasteiger partial charge < -0.3 is 9.47 Å². The minimum atomic E-state index is -0.510. The minimum Gasteiger partial charge on any atom is -0.496 e. The highest BCUT2D eigenvalue weighted by Crippen LogP contribution is 2.36. The summed E-state index contributed by atoms with van der Waals surface area (Å²) in [5.74, 6) is 0.0880. The maximum Gasteiger partial charge on any atom is 0.306 e. The van der Waals surface area contributed by atoms with Gasteiger partial charge in [0.15, 0.2) is 0 Å². The average molecular weight is 293 g/mol. The van der Waals surface area contributed by atoms with Gasteiger partial charge in [0.2, 0.25) is 5.95 Å². The Labute approximate surface area is 124 Å². The number of ether oxygens (including phenoxy) is 2. The standard InChI is InChI=1S/C16H20FNO3/c1-3-21-14(19)10-11-4-6-12(7-5-11)15-13(20-2)8-9-18-16(15)17/h6,8-9,11H,3-5,7,10H2,1-2H3. The predicted molar refractivity (Wildman–Crippen MR) is 77.3 cm³/mol. The molecule has 1 aromatic rings. The quantitative estimate of drug-likeness (QED) is 0.617. The lowest BCUT2D eigenvalue weighted by molar-refractivity contribution is -0.144. The molecule has 0 saturated carbocycles. The third kappa shape index (κ3) is 3.80. The number of halogens is 1. The van der Waals surface area contributed by atoms with Crippen LogP contribution in [0.4, 0.5) is 4.39 Å². The van der Waals surface area contributed by atoms with Crippen LogP contribution in [0, 0.1) is 11.9 Å². The van der Waals surface area contributed by atoms with Crippen LogP contribution >= 0.6 is 0 Å². The summed E-state index contributed by atoms with van der Waals surface area (Å²) >= 11 is 0. The molecule has 1 unspecified atom stereocenters. The fraction of sp³-hybridized carbons (Fsp3) is 0.500. The molecule has 0 aromatic carbocycles. The van der Waals surface area contributed by atoms with Crippen molar-refractivity contribution in [2.75, 3.05) is 13.7 Å². The van der Waals surface area contributed by atoms with Crippen LogP contribution in [-0.4, -0.2) is 24.7 Å². The topological polar surface area (TPSA) is 48.4 Å². The Hall–Kier alpha value is -1.91. The predicted octanol–water partition coefficient (Wildman–Crippen LogP) is 3.37. The van der Waals surface area contributed by atoms with Gasteiger partial charge in [-0.05, 0) is 43.7 Å². The summed E-state index contributed by atoms with van der Waals surface area (Å²) in [7, 11) is 1.52. The second kappa shape index (κ2) is 7.20. The number of hydrogen-bond acceptors (Lipinski definition) is 4. The van der Waals surface area contributed by atoms with Crippen molar-refractivity contribution in [3.63, 3.8) is 0 Å². The number of allylic oxidation sites excluding steroid dienone is 2. The van der Waals surface area contributed by atoms with Gasteiger partial charge in [0.25, 0.3) is 0 Å². The maximum atomic E-state index is 13.9. The van der Waals surface area contributed by atoms with E-state index in [-0.39, 0.29) is 11.9 Å². The molecule has 0 N–H and O–H groups in total. The van der Waals surface area contributed by atoms with E-state index in [1.807, 2.05) is 6.08 Å². The van der Waals surface area contributed by atoms with E-state index >= 15 is 0 Å². The van der Waals surface area contributed by atoms with E-state index in [1.165, 1.54) is 13.3 Å². The van der Waals surface area contributed by atoms with E-state index in [1.54, 1.807) is 13.0 Å². The lowest BCUT2D eigenvalue weighted by atomic mass is 9.85. The van der Waals surface area contributed by atoms with Crippen LogP contribution in [0.25, 0.3) is 5.57 Å². The van der Waals surface area contributed by atoms with E-state index < -0.39 is 5.95 Å². The Balaban J connectivity index is 2.08. The molecule has 5 heteroatoms. The molecule has 0 aliphatic heterocycles. The van der Waals surface area contributed by atoms with Crippen molar-refractivity contribution in [2.24, 2.45) is 5.92 Å². The second-order valence-electron chi connectivity index (χ2n) is 5.06. The van der Waals surface area contributed by atoms with E-state index in [0.29, 0.717) is 30.8 Å². The molecule has 2 rings (SSSR count). The summed E-state index contributed by atoms with van der Waals surface area (Å²) in [5.41, 5.74) is 1.34. The van der Waals surface area contributed by atoms with Crippen LogP contribution in [0.3, 0.4) is 0 Å². The molecule has 114 valence electrons. The van der Waals surface area contributed by atoms with Gasteiger partial charge >= 0.3 is 5.97 Å². The zero-order valence-corrected chi connectivity index (χ0v) is 12.4. The van der Waals surface area contributed by atoms with Crippen LogP contribution in [-0.2, 0) is 9.53 Å². The third-order valence-electron chi connectivity index (χ3n) is 3.69. The zero-order chi connectivity index (χ0) is 15.2. The summed E-state index contributed by atoms with van der Waals surface area (Å²) in [6, 6.07) is 1.66. The molecule has 4 nitrogen and oxygen atoms in total. The molecule has 1 atom stereocenters. The van der Waals surface area contributed by atoms with Crippen molar-refractivity contribution in [1.29, 1.82) is 0 Å². The van der Waals surface area contributed by atoms with Gasteiger partial charge in [0.1, 0.15) is 5.75 Å². The van der Waals surface area contributed by atoms with Crippen LogP contribution in [0.1, 0.15) is 38.2 Å². The molecule has 0 saturated heterocycles. The summed E-state index contributed by atoms with van der Waals surface area (Å²) in [6.45, 7) is 2.21. The fourth-order valence-electron chi connectivity index (χ4n) is 2.64. The first-order valence-corrected chi connectivity index (χ1v) is 7.19. The van der Waals surface area contributed by atoms with Gasteiger partial charge in [-0.25, -0.2) is 4.98 Å². The van der Waals surface area contributed by atoms with Crippen LogP contribution < -0.4 is 4.74 Å². The van der Waals surface area contributed by atoms with Gasteiger partial charge in [-0.2, -0.15) is 4.39 Å². The third-order valence-corrected chi connectivity index (χ3v) is 3.69. The molecule has 1 aliphatic carbocycles. The Morgan fingerprint density at radius 3 is 2.95 bits per heavy atom. The Morgan fingerprint density at radius 1 is 1.52 bits per heavy atom. The average Bonchev–Trinajstić information content (AvgIpc) is 2.48. The highest BCUT2D eigenvalue weighted by Gasteiger charge is 2.22. The number of carbonyl (C=O) groups is 1. The number of nitrogens with zero attached hydrogens (tertiary/aromatic N) is 1. The molecular weight excluding hydrogens is 273 g/mol. The Kier molecular flexibility index (Phi) is 5.31. The highest BCUT2D eigenvalue weighted by molar-refractivity contribution is 5.72. The van der Waals surface area contributed by atoms with E-state index in [9.17, 15) is 9.18 Å². The summed E-state index contributed by atoms with van der Waals surface area (Å²) in [5, 5.41) is 0. The summed E-state index contributed by atoms with van der Waals surface area (Å²) in [6.07, 6.45) is 6.09. The molecule has 21 heavy (non-hydrogen) atoms. The van der Waals surface area contributed by atoms with Gasteiger partial charge in [-0.1, -0.05) is 6.08 Å². The summed E-state index contributed by atoms with van der Waals surface area (Å²) < 4.78 is 24.1. The second-order valence-corrected chi connectivity index (χ2v) is 5.06. The van der Waals surface area contributed by atoms with Crippen molar-refractivity contribution >= 4 is 11.5 Å². The fourth-order valence-corrected chi connectivity index (χ4v) is 2.64. The van der Waals surface area contributed by atoms with Crippen molar-refractivity contribution in [2.45, 2.75) is 32.6 Å². The molecule has 0 amide bonds. The number of hydrogen-bond donors (Lipinski definition) is 0. The molecule has 0 bridgehead atoms. The van der Waals surface area contributed by atoms with Crippen molar-refractivity contribution < 1.29 is 18.7 Å². The van der Waals surface area contributed by atoms with E-state index in [0.717, 1.165) is 18.4 Å². The SMILES string of the molecule is CCOC(=O)CC1CC=C(c2c(OC)ccnc2F)CC1. The zero-order valence-electron chi connectivity index (χ0n) is 12.4. The van der Waals surface area contributed by atoms with Gasteiger partial charge in [-0.15, -0.1) is 0 Å². The Bertz CT molecular complexity index is 542. The number of methoxy groups -OCH3 is 1. The molecule has 0 spiro atoms. The normalized spacial score (nSPS) is 18.0. The molecule has 1 aromatic heterocycles. The van der Waals surface area contributed by atoms with Gasteiger partial charge in [0.05, 0.1) is 19.3 Å². The number of carbonyl (C=O) groups excluding carboxylic acids is 1. The maximum absolute atomic E-state index is 13.9. The largest absolute Gasteiger partial charge is 0.496 e. The monoisotopic (exact) mass is 293 g/mol. The molecule has 1 aliphatic rings. The van der Waals surface area contributed by atoms with Crippen molar-refractivity contribution in [1.82, 2.24) is 4.98 Å². The molecule has 0 radical (unpaired) electrons. The van der Waals surface area contributed by atoms with Crippen LogP contribution in [0.15, 0.2) is 18.3 Å². The molecular formula is C16H20FNO3. The minimum absolute atomic E-state index is 0.163. The first kappa shape index (κ1) is 15.5. The lowest BCUT2D eigenvalue weighted by Gasteiger charge is -2.22. The van der Waals surface area contributed by atoms with Gasteiger partial charge in [-0.3, -0.25) is 4.79 Å². The molecule has 0 fully saturated rings. The van der Waals surface area contributed by atoms with Crippen LogP contribution in [0.5, 0.6) is 5.75 Å². The van der Waals surface area contributed by atoms with Gasteiger partial charge in [0, 0.05) is 12.6 Å².